The molecular formula is C11H24N2. The molecule has 2 heteroatoms. The number of hydrogen-bond donors (Lipinski definition) is 2. The molecule has 0 saturated heterocycles. The van der Waals surface area contributed by atoms with Gasteiger partial charge in [0.1, 0.15) is 0 Å². The lowest BCUT2D eigenvalue weighted by Crippen LogP contribution is -2.41. The number of hydrogen-bond acceptors (Lipinski definition) is 2. The summed E-state index contributed by atoms with van der Waals surface area (Å²) in [4.78, 5) is 0. The maximum absolute atomic E-state index is 5.74. The molecule has 0 heterocycles. The normalized spacial score (nSPS) is 28.6. The molecule has 0 spiro atoms. The van der Waals surface area contributed by atoms with Gasteiger partial charge >= 0.3 is 0 Å². The standard InChI is InChI=1S/C11H24N2/c1-3-10(4-2)13-11-7-5-6-9(11)8-12/h9-11,13H,3-8,12H2,1-2H3. The summed E-state index contributed by atoms with van der Waals surface area (Å²) in [5.41, 5.74) is 5.74. The molecule has 0 aromatic heterocycles. The molecule has 0 radical (unpaired) electrons. The third-order valence-electron chi connectivity index (χ3n) is 3.40. The molecule has 13 heavy (non-hydrogen) atoms. The maximum atomic E-state index is 5.74. The quantitative estimate of drug-likeness (QED) is 0.685. The minimum atomic E-state index is 0.704. The summed E-state index contributed by atoms with van der Waals surface area (Å²) < 4.78 is 0. The highest BCUT2D eigenvalue weighted by atomic mass is 15.0. The van der Waals surface area contributed by atoms with Gasteiger partial charge in [-0.1, -0.05) is 20.3 Å². The lowest BCUT2D eigenvalue weighted by Gasteiger charge is -2.25. The number of nitrogens with two attached hydrogens (primary N) is 1. The van der Waals surface area contributed by atoms with Gasteiger partial charge in [0.2, 0.25) is 0 Å². The summed E-state index contributed by atoms with van der Waals surface area (Å²) in [7, 11) is 0. The summed E-state index contributed by atoms with van der Waals surface area (Å²) in [5.74, 6) is 0.737. The van der Waals surface area contributed by atoms with Crippen LogP contribution in [0.5, 0.6) is 0 Å². The Kier molecular flexibility index (Phi) is 4.74. The summed E-state index contributed by atoms with van der Waals surface area (Å²) in [6.45, 7) is 5.37. The predicted octanol–water partition coefficient (Wildman–Crippen LogP) is 1.89. The minimum absolute atomic E-state index is 0.704. The molecule has 2 nitrogen and oxygen atoms in total. The van der Waals surface area contributed by atoms with Gasteiger partial charge in [0, 0.05) is 12.1 Å². The van der Waals surface area contributed by atoms with Crippen molar-refractivity contribution < 1.29 is 0 Å². The van der Waals surface area contributed by atoms with Gasteiger partial charge in [0.05, 0.1) is 0 Å². The van der Waals surface area contributed by atoms with Crippen molar-refractivity contribution in [3.63, 3.8) is 0 Å². The first kappa shape index (κ1) is 11.0. The fourth-order valence-electron chi connectivity index (χ4n) is 2.37. The second kappa shape index (κ2) is 5.61. The SMILES string of the molecule is CCC(CC)NC1CCCC1CN. The number of nitrogens with one attached hydrogen (secondary N) is 1. The first-order valence-corrected chi connectivity index (χ1v) is 5.77. The monoisotopic (exact) mass is 184 g/mol. The van der Waals surface area contributed by atoms with Crippen LogP contribution in [-0.2, 0) is 0 Å². The predicted molar refractivity (Wildman–Crippen MR) is 57.7 cm³/mol. The van der Waals surface area contributed by atoms with Crippen molar-refractivity contribution in [2.45, 2.75) is 58.0 Å². The van der Waals surface area contributed by atoms with Gasteiger partial charge in [0.25, 0.3) is 0 Å². The van der Waals surface area contributed by atoms with Crippen molar-refractivity contribution in [2.24, 2.45) is 11.7 Å². The van der Waals surface area contributed by atoms with Gasteiger partial charge in [-0.25, -0.2) is 0 Å². The summed E-state index contributed by atoms with van der Waals surface area (Å²) in [5, 5.41) is 3.74. The van der Waals surface area contributed by atoms with E-state index in [0.29, 0.717) is 12.1 Å². The van der Waals surface area contributed by atoms with E-state index in [1.165, 1.54) is 32.1 Å². The van der Waals surface area contributed by atoms with Gasteiger partial charge in [-0.05, 0) is 38.1 Å². The van der Waals surface area contributed by atoms with Gasteiger partial charge in [-0.2, -0.15) is 0 Å². The highest BCUT2D eigenvalue weighted by Gasteiger charge is 2.26. The average molecular weight is 184 g/mol. The molecule has 1 aliphatic carbocycles. The van der Waals surface area contributed by atoms with Gasteiger partial charge in [-0.15, -0.1) is 0 Å². The fraction of sp³-hybridized carbons (Fsp3) is 1.00. The van der Waals surface area contributed by atoms with Crippen molar-refractivity contribution in [1.82, 2.24) is 5.32 Å². The summed E-state index contributed by atoms with van der Waals surface area (Å²) >= 11 is 0. The van der Waals surface area contributed by atoms with Crippen molar-refractivity contribution in [2.75, 3.05) is 6.54 Å². The van der Waals surface area contributed by atoms with Crippen molar-refractivity contribution in [3.05, 3.63) is 0 Å². The average Bonchev–Trinajstić information content (AvgIpc) is 2.61. The van der Waals surface area contributed by atoms with Gasteiger partial charge in [0.15, 0.2) is 0 Å². The molecule has 0 aromatic carbocycles. The van der Waals surface area contributed by atoms with Crippen LogP contribution in [0.3, 0.4) is 0 Å². The van der Waals surface area contributed by atoms with Crippen LogP contribution in [0.15, 0.2) is 0 Å². The molecule has 1 saturated carbocycles. The first-order valence-electron chi connectivity index (χ1n) is 5.77. The highest BCUT2D eigenvalue weighted by Crippen LogP contribution is 2.25. The Bertz CT molecular complexity index is 132. The van der Waals surface area contributed by atoms with E-state index in [1.54, 1.807) is 0 Å². The molecule has 1 rings (SSSR count). The minimum Gasteiger partial charge on any atom is -0.330 e. The molecule has 3 N–H and O–H groups in total. The van der Waals surface area contributed by atoms with Crippen LogP contribution < -0.4 is 11.1 Å². The molecule has 2 unspecified atom stereocenters. The van der Waals surface area contributed by atoms with E-state index in [0.717, 1.165) is 12.5 Å². The Labute approximate surface area is 82.3 Å². The van der Waals surface area contributed by atoms with E-state index in [-0.39, 0.29) is 0 Å². The fourth-order valence-corrected chi connectivity index (χ4v) is 2.37. The molecule has 0 aliphatic heterocycles. The Morgan fingerprint density at radius 2 is 2.00 bits per heavy atom. The maximum Gasteiger partial charge on any atom is 0.0110 e. The molecule has 0 amide bonds. The van der Waals surface area contributed by atoms with E-state index < -0.39 is 0 Å². The molecule has 1 aliphatic rings. The van der Waals surface area contributed by atoms with Crippen LogP contribution in [0.4, 0.5) is 0 Å². The van der Waals surface area contributed by atoms with E-state index in [2.05, 4.69) is 19.2 Å². The smallest absolute Gasteiger partial charge is 0.0110 e. The van der Waals surface area contributed by atoms with Crippen LogP contribution in [0.1, 0.15) is 46.0 Å². The molecule has 0 bridgehead atoms. The zero-order valence-corrected chi connectivity index (χ0v) is 9.05. The van der Waals surface area contributed by atoms with Crippen LogP contribution in [0.2, 0.25) is 0 Å². The van der Waals surface area contributed by atoms with E-state index in [9.17, 15) is 0 Å². The second-order valence-electron chi connectivity index (χ2n) is 4.21. The molecular weight excluding hydrogens is 160 g/mol. The van der Waals surface area contributed by atoms with Crippen LogP contribution in [0.25, 0.3) is 0 Å². The van der Waals surface area contributed by atoms with Crippen LogP contribution in [0, 0.1) is 5.92 Å². The molecule has 1 fully saturated rings. The summed E-state index contributed by atoms with van der Waals surface area (Å²) in [6, 6.07) is 1.41. The lowest BCUT2D eigenvalue weighted by atomic mass is 10.0. The molecule has 0 aromatic rings. The Hall–Kier alpha value is -0.0800. The lowest BCUT2D eigenvalue weighted by molar-refractivity contribution is 0.347. The third-order valence-corrected chi connectivity index (χ3v) is 3.40. The van der Waals surface area contributed by atoms with Gasteiger partial charge < -0.3 is 11.1 Å². The van der Waals surface area contributed by atoms with Crippen molar-refractivity contribution >= 4 is 0 Å². The van der Waals surface area contributed by atoms with Crippen molar-refractivity contribution in [3.8, 4) is 0 Å². The van der Waals surface area contributed by atoms with E-state index >= 15 is 0 Å². The zero-order valence-electron chi connectivity index (χ0n) is 9.05. The third kappa shape index (κ3) is 2.96. The van der Waals surface area contributed by atoms with Crippen LogP contribution >= 0.6 is 0 Å². The van der Waals surface area contributed by atoms with Gasteiger partial charge in [-0.3, -0.25) is 0 Å². The molecule has 2 atom stereocenters. The Morgan fingerprint density at radius 3 is 2.54 bits per heavy atom. The summed E-state index contributed by atoms with van der Waals surface area (Å²) in [6.07, 6.45) is 6.50. The second-order valence-corrected chi connectivity index (χ2v) is 4.21. The highest BCUT2D eigenvalue weighted by molar-refractivity contribution is 4.85. The Balaban J connectivity index is 2.33. The zero-order chi connectivity index (χ0) is 9.68. The Morgan fingerprint density at radius 1 is 1.31 bits per heavy atom. The first-order chi connectivity index (χ1) is 6.31. The topological polar surface area (TPSA) is 38.0 Å². The van der Waals surface area contributed by atoms with E-state index in [1.807, 2.05) is 0 Å². The van der Waals surface area contributed by atoms with E-state index in [4.69, 9.17) is 5.73 Å². The van der Waals surface area contributed by atoms with Crippen molar-refractivity contribution in [1.29, 1.82) is 0 Å². The molecule has 78 valence electrons. The largest absolute Gasteiger partial charge is 0.330 e. The van der Waals surface area contributed by atoms with Crippen LogP contribution in [-0.4, -0.2) is 18.6 Å². The number of rotatable bonds is 5.